The highest BCUT2D eigenvalue weighted by Gasteiger charge is 2.25. The summed E-state index contributed by atoms with van der Waals surface area (Å²) in [5.41, 5.74) is -1.25. The van der Waals surface area contributed by atoms with Gasteiger partial charge in [0, 0.05) is 18.1 Å². The summed E-state index contributed by atoms with van der Waals surface area (Å²) in [5, 5.41) is 9.83. The molecule has 0 amide bonds. The first-order chi connectivity index (χ1) is 8.28. The van der Waals surface area contributed by atoms with E-state index in [0.29, 0.717) is 4.47 Å². The van der Waals surface area contributed by atoms with E-state index in [1.165, 1.54) is 20.1 Å². The summed E-state index contributed by atoms with van der Waals surface area (Å²) >= 11 is 3.18. The van der Waals surface area contributed by atoms with E-state index in [1.54, 1.807) is 18.2 Å². The van der Waals surface area contributed by atoms with Crippen molar-refractivity contribution in [2.45, 2.75) is 17.4 Å². The fourth-order valence-electron chi connectivity index (χ4n) is 1.35. The second-order valence-electron chi connectivity index (χ2n) is 4.18. The molecule has 0 aromatic heterocycles. The average Bonchev–Trinajstić information content (AvgIpc) is 2.27. The molecular weight excluding hydrogens is 322 g/mol. The summed E-state index contributed by atoms with van der Waals surface area (Å²) < 4.78 is 31.7. The molecule has 2 N–H and O–H groups in total. The normalized spacial score (nSPS) is 15.3. The van der Waals surface area contributed by atoms with Crippen molar-refractivity contribution in [2.24, 2.45) is 0 Å². The molecule has 1 aromatic carbocycles. The molecule has 18 heavy (non-hydrogen) atoms. The summed E-state index contributed by atoms with van der Waals surface area (Å²) in [6.45, 7) is 1.43. The fourth-order valence-corrected chi connectivity index (χ4v) is 3.52. The summed E-state index contributed by atoms with van der Waals surface area (Å²) in [5.74, 6) is 0. The molecule has 0 fully saturated rings. The minimum atomic E-state index is -3.65. The lowest BCUT2D eigenvalue weighted by Gasteiger charge is -2.22. The van der Waals surface area contributed by atoms with Crippen LogP contribution >= 0.6 is 15.9 Å². The van der Waals surface area contributed by atoms with Gasteiger partial charge in [-0.2, -0.15) is 0 Å². The van der Waals surface area contributed by atoms with E-state index < -0.39 is 15.6 Å². The van der Waals surface area contributed by atoms with Gasteiger partial charge in [0.2, 0.25) is 10.0 Å². The van der Waals surface area contributed by atoms with Gasteiger partial charge in [-0.15, -0.1) is 0 Å². The standard InChI is InChI=1S/C11H16BrNO4S/c1-11(14,8-17-2)7-13-18(15,16)10-6-4-3-5-9(10)12/h3-6,13-14H,7-8H2,1-2H3. The van der Waals surface area contributed by atoms with Crippen molar-refractivity contribution in [1.29, 1.82) is 0 Å². The number of nitrogens with one attached hydrogen (secondary N) is 1. The number of benzene rings is 1. The quantitative estimate of drug-likeness (QED) is 0.815. The Morgan fingerprint density at radius 2 is 2.06 bits per heavy atom. The van der Waals surface area contributed by atoms with Gasteiger partial charge < -0.3 is 9.84 Å². The second kappa shape index (κ2) is 6.12. The van der Waals surface area contributed by atoms with Gasteiger partial charge in [0.05, 0.1) is 17.1 Å². The molecular formula is C11H16BrNO4S. The fraction of sp³-hybridized carbons (Fsp3) is 0.455. The predicted octanol–water partition coefficient (Wildman–Crippen LogP) is 1.12. The van der Waals surface area contributed by atoms with Crippen molar-refractivity contribution in [3.63, 3.8) is 0 Å². The average molecular weight is 338 g/mol. The number of halogens is 1. The largest absolute Gasteiger partial charge is 0.386 e. The third kappa shape index (κ3) is 4.33. The molecule has 102 valence electrons. The van der Waals surface area contributed by atoms with Gasteiger partial charge in [0.15, 0.2) is 0 Å². The maximum Gasteiger partial charge on any atom is 0.241 e. The van der Waals surface area contributed by atoms with Gasteiger partial charge in [-0.05, 0) is 35.0 Å². The molecule has 1 aromatic rings. The van der Waals surface area contributed by atoms with Gasteiger partial charge in [0.25, 0.3) is 0 Å². The molecule has 0 aliphatic carbocycles. The van der Waals surface area contributed by atoms with Gasteiger partial charge in [-0.3, -0.25) is 0 Å². The monoisotopic (exact) mass is 337 g/mol. The zero-order valence-corrected chi connectivity index (χ0v) is 12.6. The van der Waals surface area contributed by atoms with E-state index in [-0.39, 0.29) is 18.0 Å². The van der Waals surface area contributed by atoms with E-state index in [0.717, 1.165) is 0 Å². The van der Waals surface area contributed by atoms with Crippen LogP contribution in [0.25, 0.3) is 0 Å². The zero-order chi connectivity index (χ0) is 13.8. The second-order valence-corrected chi connectivity index (χ2v) is 6.77. The highest BCUT2D eigenvalue weighted by atomic mass is 79.9. The van der Waals surface area contributed by atoms with E-state index in [1.807, 2.05) is 0 Å². The first-order valence-corrected chi connectivity index (χ1v) is 7.52. The molecule has 1 unspecified atom stereocenters. The topological polar surface area (TPSA) is 75.6 Å². The molecule has 0 heterocycles. The van der Waals surface area contributed by atoms with Crippen LogP contribution in [-0.2, 0) is 14.8 Å². The third-order valence-corrected chi connectivity index (χ3v) is 4.64. The Morgan fingerprint density at radius 3 is 2.61 bits per heavy atom. The van der Waals surface area contributed by atoms with Crippen molar-refractivity contribution >= 4 is 26.0 Å². The van der Waals surface area contributed by atoms with Crippen molar-refractivity contribution < 1.29 is 18.3 Å². The van der Waals surface area contributed by atoms with Crippen LogP contribution in [0.5, 0.6) is 0 Å². The van der Waals surface area contributed by atoms with Gasteiger partial charge >= 0.3 is 0 Å². The van der Waals surface area contributed by atoms with Crippen molar-refractivity contribution in [1.82, 2.24) is 4.72 Å². The van der Waals surface area contributed by atoms with Crippen molar-refractivity contribution in [3.05, 3.63) is 28.7 Å². The smallest absolute Gasteiger partial charge is 0.241 e. The van der Waals surface area contributed by atoms with Crippen LogP contribution in [-0.4, -0.2) is 39.4 Å². The van der Waals surface area contributed by atoms with E-state index >= 15 is 0 Å². The highest BCUT2D eigenvalue weighted by molar-refractivity contribution is 9.10. The summed E-state index contributed by atoms with van der Waals surface area (Å²) in [6, 6.07) is 6.48. The van der Waals surface area contributed by atoms with Crippen molar-refractivity contribution in [3.8, 4) is 0 Å². The van der Waals surface area contributed by atoms with Crippen LogP contribution in [0.1, 0.15) is 6.92 Å². The Labute approximate surface area is 115 Å². The lowest BCUT2D eigenvalue weighted by atomic mass is 10.1. The number of hydrogen-bond donors (Lipinski definition) is 2. The van der Waals surface area contributed by atoms with Crippen LogP contribution in [0, 0.1) is 0 Å². The lowest BCUT2D eigenvalue weighted by Crippen LogP contribution is -2.43. The molecule has 0 spiro atoms. The Balaban J connectivity index is 2.81. The number of aliphatic hydroxyl groups is 1. The maximum absolute atomic E-state index is 12.0. The van der Waals surface area contributed by atoms with E-state index in [4.69, 9.17) is 4.74 Å². The Hall–Kier alpha value is -0.470. The molecule has 0 bridgehead atoms. The van der Waals surface area contributed by atoms with Gasteiger partial charge in [-0.1, -0.05) is 12.1 Å². The number of ether oxygens (including phenoxy) is 1. The van der Waals surface area contributed by atoms with Crippen LogP contribution in [0.3, 0.4) is 0 Å². The Morgan fingerprint density at radius 1 is 1.44 bits per heavy atom. The summed E-state index contributed by atoms with van der Waals surface area (Å²) in [7, 11) is -2.21. The number of hydrogen-bond acceptors (Lipinski definition) is 4. The number of methoxy groups -OCH3 is 1. The summed E-state index contributed by atoms with van der Waals surface area (Å²) in [4.78, 5) is 0.137. The molecule has 1 atom stereocenters. The number of rotatable bonds is 6. The molecule has 0 radical (unpaired) electrons. The first kappa shape index (κ1) is 15.6. The molecule has 0 aliphatic heterocycles. The number of sulfonamides is 1. The van der Waals surface area contributed by atoms with Crippen LogP contribution in [0.4, 0.5) is 0 Å². The third-order valence-electron chi connectivity index (χ3n) is 2.22. The Bertz CT molecular complexity index is 502. The molecule has 0 saturated heterocycles. The highest BCUT2D eigenvalue weighted by Crippen LogP contribution is 2.21. The minimum Gasteiger partial charge on any atom is -0.386 e. The lowest BCUT2D eigenvalue weighted by molar-refractivity contribution is -0.0119. The molecule has 0 aliphatic rings. The molecule has 7 heteroatoms. The van der Waals surface area contributed by atoms with Crippen LogP contribution in [0.15, 0.2) is 33.6 Å². The molecule has 5 nitrogen and oxygen atoms in total. The molecule has 0 saturated carbocycles. The summed E-state index contributed by atoms with van der Waals surface area (Å²) in [6.07, 6.45) is 0. The Kier molecular flexibility index (Phi) is 5.30. The van der Waals surface area contributed by atoms with Crippen molar-refractivity contribution in [2.75, 3.05) is 20.3 Å². The molecule has 1 rings (SSSR count). The zero-order valence-electron chi connectivity index (χ0n) is 10.2. The van der Waals surface area contributed by atoms with E-state index in [9.17, 15) is 13.5 Å². The van der Waals surface area contributed by atoms with Gasteiger partial charge in [-0.25, -0.2) is 13.1 Å². The van der Waals surface area contributed by atoms with Gasteiger partial charge in [0.1, 0.15) is 0 Å². The van der Waals surface area contributed by atoms with Crippen LogP contribution < -0.4 is 4.72 Å². The minimum absolute atomic E-state index is 0.0471. The predicted molar refractivity (Wildman–Crippen MR) is 71.8 cm³/mol. The SMILES string of the molecule is COCC(C)(O)CNS(=O)(=O)c1ccccc1Br. The first-order valence-electron chi connectivity index (χ1n) is 5.24. The maximum atomic E-state index is 12.0. The van der Waals surface area contributed by atoms with Crippen LogP contribution in [0.2, 0.25) is 0 Å². The van der Waals surface area contributed by atoms with E-state index in [2.05, 4.69) is 20.7 Å².